The molecule has 0 aliphatic carbocycles. The lowest BCUT2D eigenvalue weighted by Gasteiger charge is -2.30. The largest absolute Gasteiger partial charge is 0.317 e. The van der Waals surface area contributed by atoms with Crippen molar-refractivity contribution < 1.29 is 21.6 Å². The molecule has 0 radical (unpaired) electrons. The van der Waals surface area contributed by atoms with Gasteiger partial charge in [0, 0.05) is 13.1 Å². The van der Waals surface area contributed by atoms with Gasteiger partial charge in [0.15, 0.2) is 17.5 Å². The Balaban J connectivity index is 0.00000220. The van der Waals surface area contributed by atoms with Gasteiger partial charge in [-0.25, -0.2) is 21.6 Å². The van der Waals surface area contributed by atoms with Crippen LogP contribution < -0.4 is 5.32 Å². The third kappa shape index (κ3) is 3.50. The molecule has 4 nitrogen and oxygen atoms in total. The molecule has 0 bridgehead atoms. The van der Waals surface area contributed by atoms with E-state index in [0.717, 1.165) is 10.4 Å². The Kier molecular flexibility index (Phi) is 6.03. The van der Waals surface area contributed by atoms with Crippen molar-refractivity contribution in [1.29, 1.82) is 0 Å². The molecule has 21 heavy (non-hydrogen) atoms. The monoisotopic (exact) mass is 344 g/mol. The number of rotatable bonds is 3. The Morgan fingerprint density at radius 2 is 1.71 bits per heavy atom. The zero-order valence-electron chi connectivity index (χ0n) is 11.3. The maximum absolute atomic E-state index is 13.7. The van der Waals surface area contributed by atoms with Gasteiger partial charge in [0.05, 0.1) is 0 Å². The minimum atomic E-state index is -4.18. The molecule has 1 heterocycles. The third-order valence-electron chi connectivity index (χ3n) is 3.48. The van der Waals surface area contributed by atoms with Crippen LogP contribution in [0.4, 0.5) is 13.2 Å². The lowest BCUT2D eigenvalue weighted by molar-refractivity contribution is 0.295. The number of benzene rings is 1. The van der Waals surface area contributed by atoms with Gasteiger partial charge >= 0.3 is 0 Å². The molecular weight excluding hydrogens is 329 g/mol. The molecule has 0 amide bonds. The highest BCUT2D eigenvalue weighted by Gasteiger charge is 2.32. The van der Waals surface area contributed by atoms with Crippen molar-refractivity contribution in [3.63, 3.8) is 0 Å². The van der Waals surface area contributed by atoms with Gasteiger partial charge in [-0.3, -0.25) is 0 Å². The molecule has 1 aromatic rings. The smallest absolute Gasteiger partial charge is 0.246 e. The summed E-state index contributed by atoms with van der Waals surface area (Å²) < 4.78 is 65.3. The van der Waals surface area contributed by atoms with E-state index < -0.39 is 32.4 Å². The molecule has 2 rings (SSSR count). The zero-order valence-corrected chi connectivity index (χ0v) is 12.9. The van der Waals surface area contributed by atoms with E-state index in [1.807, 2.05) is 0 Å². The predicted molar refractivity (Wildman–Crippen MR) is 74.4 cm³/mol. The Hall–Kier alpha value is -0.830. The highest BCUT2D eigenvalue weighted by atomic mass is 35.5. The van der Waals surface area contributed by atoms with E-state index in [1.165, 1.54) is 7.05 Å². The summed E-state index contributed by atoms with van der Waals surface area (Å²) in [6.45, 7) is 1.32. The number of halogens is 4. The molecule has 0 spiro atoms. The number of piperidine rings is 1. The van der Waals surface area contributed by atoms with E-state index in [4.69, 9.17) is 0 Å². The van der Waals surface area contributed by atoms with Crippen molar-refractivity contribution in [2.24, 2.45) is 0 Å². The normalized spacial score (nSPS) is 16.8. The molecule has 1 aliphatic rings. The molecule has 0 unspecified atom stereocenters. The van der Waals surface area contributed by atoms with E-state index in [2.05, 4.69) is 5.32 Å². The molecule has 0 atom stereocenters. The average molecular weight is 345 g/mol. The molecule has 1 saturated heterocycles. The van der Waals surface area contributed by atoms with Crippen LogP contribution in [0.2, 0.25) is 0 Å². The van der Waals surface area contributed by atoms with Crippen LogP contribution in [0.1, 0.15) is 12.8 Å². The Bertz CT molecular complexity index is 607. The summed E-state index contributed by atoms with van der Waals surface area (Å²) in [6, 6.07) is 1.08. The van der Waals surface area contributed by atoms with E-state index >= 15 is 0 Å². The first kappa shape index (κ1) is 18.2. The fourth-order valence-corrected chi connectivity index (χ4v) is 3.70. The van der Waals surface area contributed by atoms with Crippen LogP contribution in [-0.4, -0.2) is 38.9 Å². The van der Waals surface area contributed by atoms with Crippen molar-refractivity contribution in [2.75, 3.05) is 20.1 Å². The van der Waals surface area contributed by atoms with Gasteiger partial charge < -0.3 is 5.32 Å². The van der Waals surface area contributed by atoms with Crippen LogP contribution in [0.25, 0.3) is 0 Å². The van der Waals surface area contributed by atoms with Crippen LogP contribution in [0.5, 0.6) is 0 Å². The molecule has 0 saturated carbocycles. The summed E-state index contributed by atoms with van der Waals surface area (Å²) in [6.07, 6.45) is 1.17. The van der Waals surface area contributed by atoms with Crippen molar-refractivity contribution >= 4 is 22.4 Å². The molecule has 1 N–H and O–H groups in total. The lowest BCUT2D eigenvalue weighted by atomic mass is 10.1. The van der Waals surface area contributed by atoms with Gasteiger partial charge in [0.1, 0.15) is 4.90 Å². The second-order valence-corrected chi connectivity index (χ2v) is 6.64. The van der Waals surface area contributed by atoms with E-state index in [0.29, 0.717) is 32.0 Å². The van der Waals surface area contributed by atoms with E-state index in [1.54, 1.807) is 0 Å². The summed E-state index contributed by atoms with van der Waals surface area (Å²) >= 11 is 0. The first-order valence-electron chi connectivity index (χ1n) is 6.18. The van der Waals surface area contributed by atoms with Crippen LogP contribution in [0.15, 0.2) is 17.0 Å². The maximum atomic E-state index is 13.7. The number of nitrogens with one attached hydrogen (secondary N) is 1. The van der Waals surface area contributed by atoms with Crippen LogP contribution in [0, 0.1) is 17.5 Å². The van der Waals surface area contributed by atoms with Gasteiger partial charge in [-0.15, -0.1) is 12.4 Å². The lowest BCUT2D eigenvalue weighted by Crippen LogP contribution is -2.44. The summed E-state index contributed by atoms with van der Waals surface area (Å²) in [5.41, 5.74) is 0. The van der Waals surface area contributed by atoms with Gasteiger partial charge in [0.2, 0.25) is 10.0 Å². The minimum absolute atomic E-state index is 0. The molecular formula is C12H16ClF3N2O2S. The average Bonchev–Trinajstić information content (AvgIpc) is 2.44. The number of hydrogen-bond donors (Lipinski definition) is 1. The zero-order chi connectivity index (χ0) is 14.9. The highest BCUT2D eigenvalue weighted by Crippen LogP contribution is 2.25. The van der Waals surface area contributed by atoms with Gasteiger partial charge in [-0.1, -0.05) is 0 Å². The van der Waals surface area contributed by atoms with Crippen molar-refractivity contribution in [3.05, 3.63) is 29.6 Å². The van der Waals surface area contributed by atoms with Crippen molar-refractivity contribution in [1.82, 2.24) is 9.62 Å². The second kappa shape index (κ2) is 6.95. The summed E-state index contributed by atoms with van der Waals surface area (Å²) in [7, 11) is -2.86. The number of hydrogen-bond acceptors (Lipinski definition) is 3. The fraction of sp³-hybridized carbons (Fsp3) is 0.500. The van der Waals surface area contributed by atoms with Crippen LogP contribution in [0.3, 0.4) is 0 Å². The fourth-order valence-electron chi connectivity index (χ4n) is 2.23. The van der Waals surface area contributed by atoms with E-state index in [9.17, 15) is 21.6 Å². The van der Waals surface area contributed by atoms with Gasteiger partial charge in [0.25, 0.3) is 0 Å². The Morgan fingerprint density at radius 1 is 1.14 bits per heavy atom. The first-order valence-corrected chi connectivity index (χ1v) is 7.62. The minimum Gasteiger partial charge on any atom is -0.317 e. The highest BCUT2D eigenvalue weighted by molar-refractivity contribution is 7.89. The van der Waals surface area contributed by atoms with Crippen molar-refractivity contribution in [3.8, 4) is 0 Å². The van der Waals surface area contributed by atoms with Gasteiger partial charge in [-0.05, 0) is 38.1 Å². The predicted octanol–water partition coefficient (Wildman–Crippen LogP) is 1.90. The number of sulfonamides is 1. The topological polar surface area (TPSA) is 49.4 Å². The molecule has 9 heteroatoms. The molecule has 1 aliphatic heterocycles. The summed E-state index contributed by atoms with van der Waals surface area (Å²) in [5, 5.41) is 3.08. The second-order valence-electron chi connectivity index (χ2n) is 4.68. The standard InChI is InChI=1S/C12H15F3N2O2S.ClH/c1-17(8-4-6-16-7-5-8)20(18,19)10-3-2-9(13)11(14)12(10)15;/h2-3,8,16H,4-7H2,1H3;1H. The quantitative estimate of drug-likeness (QED) is 0.852. The Morgan fingerprint density at radius 3 is 2.29 bits per heavy atom. The summed E-state index contributed by atoms with van der Waals surface area (Å²) in [5.74, 6) is -4.86. The van der Waals surface area contributed by atoms with Crippen molar-refractivity contribution in [2.45, 2.75) is 23.8 Å². The van der Waals surface area contributed by atoms with Gasteiger partial charge in [-0.2, -0.15) is 4.31 Å². The Labute approximate surface area is 127 Å². The van der Waals surface area contributed by atoms with E-state index in [-0.39, 0.29) is 18.4 Å². The molecule has 1 aromatic carbocycles. The van der Waals surface area contributed by atoms with Crippen LogP contribution in [-0.2, 0) is 10.0 Å². The molecule has 120 valence electrons. The summed E-state index contributed by atoms with van der Waals surface area (Å²) in [4.78, 5) is -0.836. The third-order valence-corrected chi connectivity index (χ3v) is 5.41. The molecule has 0 aromatic heterocycles. The number of nitrogens with zero attached hydrogens (tertiary/aromatic N) is 1. The molecule has 1 fully saturated rings. The maximum Gasteiger partial charge on any atom is 0.246 e. The SMILES string of the molecule is CN(C1CCNCC1)S(=O)(=O)c1ccc(F)c(F)c1F.Cl. The first-order chi connectivity index (χ1) is 9.35. The van der Waals surface area contributed by atoms with Crippen LogP contribution >= 0.6 is 12.4 Å².